The summed E-state index contributed by atoms with van der Waals surface area (Å²) in [6.45, 7) is 6.64. The minimum Gasteiger partial charge on any atom is -0.462 e. The van der Waals surface area contributed by atoms with Gasteiger partial charge in [0.05, 0.1) is 0 Å². The van der Waals surface area contributed by atoms with Gasteiger partial charge in [-0.25, -0.2) is 0 Å². The van der Waals surface area contributed by atoms with Gasteiger partial charge in [-0.15, -0.1) is 0 Å². The Bertz CT molecular complexity index is 1070. The molecule has 0 bridgehead atoms. The molecule has 1 atom stereocenters. The average molecular weight is 974 g/mol. The third kappa shape index (κ3) is 56.9. The number of hydrogen-bond donors (Lipinski definition) is 0. The van der Waals surface area contributed by atoms with Crippen molar-refractivity contribution >= 4 is 17.9 Å². The van der Waals surface area contributed by atoms with Gasteiger partial charge in [0.2, 0.25) is 0 Å². The molecule has 0 saturated carbocycles. The maximum atomic E-state index is 12.8. The van der Waals surface area contributed by atoms with Crippen LogP contribution in [0.1, 0.15) is 355 Å². The summed E-state index contributed by atoms with van der Waals surface area (Å²) in [7, 11) is 0. The van der Waals surface area contributed by atoms with E-state index in [9.17, 15) is 14.4 Å². The first-order valence-electron chi connectivity index (χ1n) is 31.2. The van der Waals surface area contributed by atoms with Crippen LogP contribution in [0.2, 0.25) is 0 Å². The Morgan fingerprint density at radius 2 is 0.478 bits per heavy atom. The molecule has 0 heterocycles. The molecule has 0 aliphatic rings. The maximum Gasteiger partial charge on any atom is 0.306 e. The van der Waals surface area contributed by atoms with Crippen LogP contribution in [0, 0.1) is 0 Å². The van der Waals surface area contributed by atoms with Gasteiger partial charge in [-0.1, -0.05) is 303 Å². The van der Waals surface area contributed by atoms with Crippen LogP contribution in [-0.2, 0) is 28.6 Å². The van der Waals surface area contributed by atoms with E-state index in [0.29, 0.717) is 19.3 Å². The third-order valence-electron chi connectivity index (χ3n) is 14.3. The number of rotatable bonds is 58. The molecule has 0 saturated heterocycles. The lowest BCUT2D eigenvalue weighted by Crippen LogP contribution is -2.30. The van der Waals surface area contributed by atoms with Crippen molar-refractivity contribution in [3.8, 4) is 0 Å². The van der Waals surface area contributed by atoms with E-state index in [-0.39, 0.29) is 31.1 Å². The predicted octanol–water partition coefficient (Wildman–Crippen LogP) is 20.9. The number of hydrogen-bond acceptors (Lipinski definition) is 6. The van der Waals surface area contributed by atoms with E-state index in [1.165, 1.54) is 257 Å². The lowest BCUT2D eigenvalue weighted by molar-refractivity contribution is -0.167. The number of ether oxygens (including phenoxy) is 3. The maximum absolute atomic E-state index is 12.8. The van der Waals surface area contributed by atoms with Crippen molar-refractivity contribution in [2.24, 2.45) is 0 Å². The van der Waals surface area contributed by atoms with Crippen molar-refractivity contribution in [1.82, 2.24) is 0 Å². The highest BCUT2D eigenvalue weighted by molar-refractivity contribution is 5.71. The van der Waals surface area contributed by atoms with Gasteiger partial charge in [0, 0.05) is 19.3 Å². The van der Waals surface area contributed by atoms with Crippen molar-refractivity contribution < 1.29 is 28.6 Å². The fraction of sp³-hybridized carbons (Fsp3) is 0.921. The standard InChI is InChI=1S/C63H120O6/c1-4-7-10-13-16-18-20-22-24-26-27-28-29-30-31-32-33-34-35-36-37-38-40-41-43-45-47-50-53-56-62(65)68-59-60(58-67-61(64)55-52-49-15-12-9-6-3)69-63(66)57-54-51-48-46-44-42-39-25-23-21-19-17-14-11-8-5-2/h26-27,60H,4-25,28-59H2,1-3H3/b27-26-. The molecular formula is C63H120O6. The summed E-state index contributed by atoms with van der Waals surface area (Å²) >= 11 is 0. The summed E-state index contributed by atoms with van der Waals surface area (Å²) in [5.41, 5.74) is 0. The molecule has 0 rings (SSSR count). The third-order valence-corrected chi connectivity index (χ3v) is 14.3. The van der Waals surface area contributed by atoms with Gasteiger partial charge in [-0.2, -0.15) is 0 Å². The highest BCUT2D eigenvalue weighted by Gasteiger charge is 2.19. The molecule has 6 heteroatoms. The number of esters is 3. The number of allylic oxidation sites excluding steroid dienone is 2. The van der Waals surface area contributed by atoms with E-state index in [1.807, 2.05) is 0 Å². The largest absolute Gasteiger partial charge is 0.462 e. The molecule has 0 radical (unpaired) electrons. The molecule has 0 amide bonds. The van der Waals surface area contributed by atoms with Gasteiger partial charge >= 0.3 is 17.9 Å². The molecule has 0 N–H and O–H groups in total. The molecule has 0 aromatic carbocycles. The summed E-state index contributed by atoms with van der Waals surface area (Å²) in [5.74, 6) is -0.849. The minimum absolute atomic E-state index is 0.0639. The molecule has 408 valence electrons. The molecule has 1 unspecified atom stereocenters. The van der Waals surface area contributed by atoms with Gasteiger partial charge < -0.3 is 14.2 Å². The fourth-order valence-corrected chi connectivity index (χ4v) is 9.56. The highest BCUT2D eigenvalue weighted by atomic mass is 16.6. The van der Waals surface area contributed by atoms with Crippen LogP contribution < -0.4 is 0 Å². The number of unbranched alkanes of at least 4 members (excludes halogenated alkanes) is 45. The summed E-state index contributed by atoms with van der Waals surface area (Å²) in [5, 5.41) is 0. The topological polar surface area (TPSA) is 78.9 Å². The zero-order chi connectivity index (χ0) is 50.0. The predicted molar refractivity (Wildman–Crippen MR) is 298 cm³/mol. The Hall–Kier alpha value is -1.85. The van der Waals surface area contributed by atoms with E-state index in [4.69, 9.17) is 14.2 Å². The first-order valence-corrected chi connectivity index (χ1v) is 31.2. The number of carbonyl (C=O) groups excluding carboxylic acids is 3. The van der Waals surface area contributed by atoms with Crippen molar-refractivity contribution in [3.05, 3.63) is 12.2 Å². The molecule has 0 aliphatic heterocycles. The van der Waals surface area contributed by atoms with Crippen LogP contribution in [0.4, 0.5) is 0 Å². The summed E-state index contributed by atoms with van der Waals surface area (Å²) in [6, 6.07) is 0. The van der Waals surface area contributed by atoms with E-state index in [0.717, 1.165) is 57.8 Å². The van der Waals surface area contributed by atoms with Gasteiger partial charge in [0.25, 0.3) is 0 Å². The van der Waals surface area contributed by atoms with E-state index in [1.54, 1.807) is 0 Å². The normalized spacial score (nSPS) is 12.0. The second kappa shape index (κ2) is 58.7. The van der Waals surface area contributed by atoms with E-state index >= 15 is 0 Å². The van der Waals surface area contributed by atoms with Crippen LogP contribution in [0.15, 0.2) is 12.2 Å². The van der Waals surface area contributed by atoms with Crippen molar-refractivity contribution in [2.45, 2.75) is 361 Å². The first kappa shape index (κ1) is 67.1. The Morgan fingerprint density at radius 1 is 0.275 bits per heavy atom. The summed E-state index contributed by atoms with van der Waals surface area (Å²) in [6.07, 6.45) is 68.3. The monoisotopic (exact) mass is 973 g/mol. The molecular weight excluding hydrogens is 853 g/mol. The average Bonchev–Trinajstić information content (AvgIpc) is 3.35. The molecule has 0 spiro atoms. The van der Waals surface area contributed by atoms with Crippen LogP contribution in [0.5, 0.6) is 0 Å². The molecule has 0 aromatic heterocycles. The van der Waals surface area contributed by atoms with Gasteiger partial charge in [0.1, 0.15) is 13.2 Å². The molecule has 6 nitrogen and oxygen atoms in total. The Balaban J connectivity index is 3.96. The minimum atomic E-state index is -0.761. The first-order chi connectivity index (χ1) is 34.0. The van der Waals surface area contributed by atoms with Crippen LogP contribution in [0.3, 0.4) is 0 Å². The van der Waals surface area contributed by atoms with Gasteiger partial charge in [-0.3, -0.25) is 14.4 Å². The SMILES string of the molecule is CCCCCCCCCC/C=C\CCCCCCCCCCCCCCCCCCCC(=O)OCC(COC(=O)CCCCCCCC)OC(=O)CCCCCCCCCCCCCCCCCC. The molecule has 0 aromatic rings. The van der Waals surface area contributed by atoms with Crippen LogP contribution in [-0.4, -0.2) is 37.2 Å². The highest BCUT2D eigenvalue weighted by Crippen LogP contribution is 2.18. The zero-order valence-corrected chi connectivity index (χ0v) is 46.9. The number of carbonyl (C=O) groups is 3. The molecule has 69 heavy (non-hydrogen) atoms. The van der Waals surface area contributed by atoms with Crippen molar-refractivity contribution in [1.29, 1.82) is 0 Å². The molecule has 0 fully saturated rings. The zero-order valence-electron chi connectivity index (χ0n) is 46.9. The van der Waals surface area contributed by atoms with Gasteiger partial charge in [-0.05, 0) is 44.9 Å². The molecule has 0 aliphatic carbocycles. The second-order valence-corrected chi connectivity index (χ2v) is 21.3. The van der Waals surface area contributed by atoms with Crippen LogP contribution >= 0.6 is 0 Å². The van der Waals surface area contributed by atoms with Gasteiger partial charge in [0.15, 0.2) is 6.10 Å². The van der Waals surface area contributed by atoms with E-state index in [2.05, 4.69) is 32.9 Å². The summed E-state index contributed by atoms with van der Waals surface area (Å²) in [4.78, 5) is 37.9. The van der Waals surface area contributed by atoms with Crippen LogP contribution in [0.25, 0.3) is 0 Å². The Morgan fingerprint density at radius 3 is 0.725 bits per heavy atom. The summed E-state index contributed by atoms with van der Waals surface area (Å²) < 4.78 is 16.8. The quantitative estimate of drug-likeness (QED) is 0.0261. The Labute approximate surface area is 431 Å². The lowest BCUT2D eigenvalue weighted by atomic mass is 10.0. The lowest BCUT2D eigenvalue weighted by Gasteiger charge is -2.18. The van der Waals surface area contributed by atoms with Crippen molar-refractivity contribution in [2.75, 3.05) is 13.2 Å². The Kier molecular flexibility index (Phi) is 57.1. The van der Waals surface area contributed by atoms with Crippen molar-refractivity contribution in [3.63, 3.8) is 0 Å². The second-order valence-electron chi connectivity index (χ2n) is 21.3. The van der Waals surface area contributed by atoms with E-state index < -0.39 is 6.10 Å². The smallest absolute Gasteiger partial charge is 0.306 e. The fourth-order valence-electron chi connectivity index (χ4n) is 9.56.